The molecule has 2 heterocycles. The second-order valence-electron chi connectivity index (χ2n) is 5.69. The summed E-state index contributed by atoms with van der Waals surface area (Å²) in [6.45, 7) is 3.91. The molecule has 1 fully saturated rings. The molecule has 2 aliphatic heterocycles. The summed E-state index contributed by atoms with van der Waals surface area (Å²) in [5.41, 5.74) is 1.22. The Morgan fingerprint density at radius 3 is 2.86 bits per heavy atom. The van der Waals surface area contributed by atoms with Crippen molar-refractivity contribution in [3.63, 3.8) is 0 Å². The SMILES string of the molecule is COc1ccc2c(c1)=C(N1CCNCC1)OC1C=CC=CC=21. The van der Waals surface area contributed by atoms with Crippen molar-refractivity contribution >= 4 is 11.5 Å². The van der Waals surface area contributed by atoms with Gasteiger partial charge in [0, 0.05) is 37.0 Å². The lowest BCUT2D eigenvalue weighted by molar-refractivity contribution is 0.162. The zero-order valence-electron chi connectivity index (χ0n) is 12.7. The van der Waals surface area contributed by atoms with Crippen LogP contribution in [-0.4, -0.2) is 44.3 Å². The molecule has 22 heavy (non-hydrogen) atoms. The average Bonchev–Trinajstić information content (AvgIpc) is 2.61. The zero-order valence-corrected chi connectivity index (χ0v) is 12.7. The number of fused-ring (bicyclic) bond motifs is 2. The number of rotatable bonds is 2. The summed E-state index contributed by atoms with van der Waals surface area (Å²) in [5, 5.41) is 5.76. The van der Waals surface area contributed by atoms with Crippen molar-refractivity contribution in [1.82, 2.24) is 10.2 Å². The van der Waals surface area contributed by atoms with Gasteiger partial charge in [-0.15, -0.1) is 0 Å². The van der Waals surface area contributed by atoms with Crippen LogP contribution in [0.15, 0.2) is 42.5 Å². The van der Waals surface area contributed by atoms with E-state index in [1.165, 1.54) is 10.8 Å². The van der Waals surface area contributed by atoms with Gasteiger partial charge >= 0.3 is 0 Å². The molecule has 0 amide bonds. The van der Waals surface area contributed by atoms with Crippen LogP contribution in [0.4, 0.5) is 0 Å². The van der Waals surface area contributed by atoms with Crippen LogP contribution in [0.3, 0.4) is 0 Å². The van der Waals surface area contributed by atoms with Crippen molar-refractivity contribution in [2.45, 2.75) is 6.10 Å². The highest BCUT2D eigenvalue weighted by molar-refractivity contribution is 5.69. The molecule has 0 radical (unpaired) electrons. The second kappa shape index (κ2) is 5.54. The van der Waals surface area contributed by atoms with E-state index in [4.69, 9.17) is 9.47 Å². The summed E-state index contributed by atoms with van der Waals surface area (Å²) in [6, 6.07) is 6.25. The van der Waals surface area contributed by atoms with Gasteiger partial charge in [-0.25, -0.2) is 0 Å². The molecule has 4 rings (SSSR count). The second-order valence-corrected chi connectivity index (χ2v) is 5.69. The molecular weight excluding hydrogens is 276 g/mol. The maximum Gasteiger partial charge on any atom is 0.198 e. The molecule has 1 atom stereocenters. The van der Waals surface area contributed by atoms with Gasteiger partial charge in [0.2, 0.25) is 0 Å². The molecule has 3 aliphatic rings. The van der Waals surface area contributed by atoms with Gasteiger partial charge in [-0.05, 0) is 23.4 Å². The first kappa shape index (κ1) is 13.5. The number of hydrogen-bond donors (Lipinski definition) is 1. The van der Waals surface area contributed by atoms with Gasteiger partial charge < -0.3 is 19.7 Å². The van der Waals surface area contributed by atoms with Crippen molar-refractivity contribution in [2.75, 3.05) is 33.3 Å². The van der Waals surface area contributed by atoms with E-state index < -0.39 is 0 Å². The van der Waals surface area contributed by atoms with E-state index in [2.05, 4.69) is 46.7 Å². The van der Waals surface area contributed by atoms with E-state index >= 15 is 0 Å². The van der Waals surface area contributed by atoms with Crippen LogP contribution in [0.25, 0.3) is 11.5 Å². The van der Waals surface area contributed by atoms with Crippen LogP contribution in [0.1, 0.15) is 0 Å². The molecule has 0 bridgehead atoms. The lowest BCUT2D eigenvalue weighted by Gasteiger charge is -2.35. The fourth-order valence-electron chi connectivity index (χ4n) is 3.24. The molecule has 0 aromatic heterocycles. The fraction of sp³-hybridized carbons (Fsp3) is 0.333. The van der Waals surface area contributed by atoms with Crippen molar-refractivity contribution in [3.05, 3.63) is 52.9 Å². The molecule has 1 aromatic carbocycles. The van der Waals surface area contributed by atoms with E-state index in [1.807, 2.05) is 6.07 Å². The molecule has 1 saturated heterocycles. The average molecular weight is 296 g/mol. The first-order valence-electron chi connectivity index (χ1n) is 7.76. The van der Waals surface area contributed by atoms with Crippen LogP contribution in [0.5, 0.6) is 5.75 Å². The van der Waals surface area contributed by atoms with Gasteiger partial charge in [0.25, 0.3) is 0 Å². The highest BCUT2D eigenvalue weighted by atomic mass is 16.5. The van der Waals surface area contributed by atoms with Gasteiger partial charge in [-0.2, -0.15) is 0 Å². The van der Waals surface area contributed by atoms with Crippen LogP contribution in [0, 0.1) is 0 Å². The minimum absolute atomic E-state index is 0.00998. The Balaban J connectivity index is 1.95. The number of ether oxygens (including phenoxy) is 2. The summed E-state index contributed by atoms with van der Waals surface area (Å²) in [6.07, 6.45) is 8.39. The molecule has 1 unspecified atom stereocenters. The van der Waals surface area contributed by atoms with Gasteiger partial charge in [0.1, 0.15) is 11.9 Å². The number of piperazine rings is 1. The van der Waals surface area contributed by atoms with E-state index in [-0.39, 0.29) is 6.10 Å². The third-order valence-electron chi connectivity index (χ3n) is 4.39. The van der Waals surface area contributed by atoms with Gasteiger partial charge in [0.05, 0.1) is 7.11 Å². The summed E-state index contributed by atoms with van der Waals surface area (Å²) in [7, 11) is 1.70. The molecule has 0 saturated carbocycles. The summed E-state index contributed by atoms with van der Waals surface area (Å²) in [4.78, 5) is 2.33. The third kappa shape index (κ3) is 2.20. The molecule has 1 aromatic rings. The number of methoxy groups -OCH3 is 1. The molecule has 4 nitrogen and oxygen atoms in total. The summed E-state index contributed by atoms with van der Waals surface area (Å²) < 4.78 is 11.8. The van der Waals surface area contributed by atoms with E-state index in [1.54, 1.807) is 7.11 Å². The Labute approximate surface area is 130 Å². The van der Waals surface area contributed by atoms with Gasteiger partial charge in [-0.3, -0.25) is 0 Å². The zero-order chi connectivity index (χ0) is 14.9. The Morgan fingerprint density at radius 2 is 2.05 bits per heavy atom. The monoisotopic (exact) mass is 296 g/mol. The highest BCUT2D eigenvalue weighted by Crippen LogP contribution is 2.23. The number of hydrogen-bond acceptors (Lipinski definition) is 4. The van der Waals surface area contributed by atoms with Crippen LogP contribution >= 0.6 is 0 Å². The molecule has 114 valence electrons. The maximum atomic E-state index is 6.34. The normalized spacial score (nSPS) is 23.0. The molecule has 1 aliphatic carbocycles. The Morgan fingerprint density at radius 1 is 1.18 bits per heavy atom. The lowest BCUT2D eigenvalue weighted by atomic mass is 9.98. The predicted octanol–water partition coefficient (Wildman–Crippen LogP) is 0.342. The lowest BCUT2D eigenvalue weighted by Crippen LogP contribution is -2.49. The highest BCUT2D eigenvalue weighted by Gasteiger charge is 2.25. The minimum Gasteiger partial charge on any atom is -0.497 e. The van der Waals surface area contributed by atoms with Crippen LogP contribution < -0.4 is 20.5 Å². The van der Waals surface area contributed by atoms with E-state index in [0.717, 1.165) is 43.0 Å². The Bertz CT molecular complexity index is 758. The smallest absolute Gasteiger partial charge is 0.198 e. The van der Waals surface area contributed by atoms with Crippen molar-refractivity contribution in [3.8, 4) is 5.75 Å². The van der Waals surface area contributed by atoms with E-state index in [9.17, 15) is 0 Å². The van der Waals surface area contributed by atoms with Crippen molar-refractivity contribution in [2.24, 2.45) is 0 Å². The largest absolute Gasteiger partial charge is 0.497 e. The quantitative estimate of drug-likeness (QED) is 0.853. The number of nitrogens with one attached hydrogen (secondary N) is 1. The maximum absolute atomic E-state index is 6.34. The van der Waals surface area contributed by atoms with Crippen molar-refractivity contribution < 1.29 is 9.47 Å². The van der Waals surface area contributed by atoms with Gasteiger partial charge in [0.15, 0.2) is 5.88 Å². The minimum atomic E-state index is 0.00998. The Hall–Kier alpha value is -2.20. The van der Waals surface area contributed by atoms with Gasteiger partial charge in [-0.1, -0.05) is 24.3 Å². The Kier molecular flexibility index (Phi) is 3.39. The van der Waals surface area contributed by atoms with Crippen LogP contribution in [0.2, 0.25) is 0 Å². The number of nitrogens with zero attached hydrogens (tertiary/aromatic N) is 1. The molecule has 0 spiro atoms. The fourth-order valence-corrected chi connectivity index (χ4v) is 3.24. The van der Waals surface area contributed by atoms with E-state index in [0.29, 0.717) is 0 Å². The summed E-state index contributed by atoms with van der Waals surface area (Å²) in [5.74, 6) is 1.84. The first-order valence-corrected chi connectivity index (χ1v) is 7.76. The first-order chi connectivity index (χ1) is 10.9. The molecule has 1 N–H and O–H groups in total. The standard InChI is InChI=1S/C18H20N2O2/c1-21-13-6-7-14-15-4-2-3-5-17(15)22-18(16(14)12-13)20-10-8-19-9-11-20/h2-7,12,17,19H,8-11H2,1H3. The predicted molar refractivity (Wildman–Crippen MR) is 86.7 cm³/mol. The third-order valence-corrected chi connectivity index (χ3v) is 4.39. The topological polar surface area (TPSA) is 33.7 Å². The number of allylic oxidation sites excluding steroid dienone is 2. The van der Waals surface area contributed by atoms with Crippen LogP contribution in [-0.2, 0) is 4.74 Å². The summed E-state index contributed by atoms with van der Waals surface area (Å²) >= 11 is 0. The molecular formula is C18H20N2O2. The number of benzene rings is 1. The molecule has 4 heteroatoms. The van der Waals surface area contributed by atoms with Crippen molar-refractivity contribution in [1.29, 1.82) is 0 Å².